The van der Waals surface area contributed by atoms with Gasteiger partial charge in [-0.25, -0.2) is 4.79 Å². The number of esters is 1. The lowest BCUT2D eigenvalue weighted by atomic mass is 10.0. The molecule has 1 aromatic carbocycles. The highest BCUT2D eigenvalue weighted by atomic mass is 16.5. The number of carbonyl (C=O) groups is 2. The van der Waals surface area contributed by atoms with Crippen molar-refractivity contribution in [2.45, 2.75) is 25.8 Å². The van der Waals surface area contributed by atoms with Crippen molar-refractivity contribution in [2.75, 3.05) is 13.7 Å². The second-order valence-electron chi connectivity index (χ2n) is 4.14. The van der Waals surface area contributed by atoms with Crippen molar-refractivity contribution in [3.8, 4) is 0 Å². The van der Waals surface area contributed by atoms with Gasteiger partial charge in [-0.15, -0.1) is 0 Å². The van der Waals surface area contributed by atoms with E-state index < -0.39 is 18.6 Å². The Morgan fingerprint density at radius 2 is 2.05 bits per heavy atom. The van der Waals surface area contributed by atoms with Gasteiger partial charge in [0.2, 0.25) is 0 Å². The normalized spacial score (nSPS) is 11.7. The summed E-state index contributed by atoms with van der Waals surface area (Å²) in [5.41, 5.74) is 1.44. The van der Waals surface area contributed by atoms with Crippen molar-refractivity contribution < 1.29 is 19.4 Å². The Kier molecular flexibility index (Phi) is 6.02. The number of aliphatic hydroxyl groups is 1. The summed E-state index contributed by atoms with van der Waals surface area (Å²) in [6.07, 6.45) is 1.70. The predicted molar refractivity (Wildman–Crippen MR) is 70.8 cm³/mol. The van der Waals surface area contributed by atoms with Crippen LogP contribution < -0.4 is 5.32 Å². The molecule has 0 aliphatic rings. The maximum Gasteiger partial charge on any atom is 0.330 e. The monoisotopic (exact) mass is 265 g/mol. The van der Waals surface area contributed by atoms with Gasteiger partial charge in [0, 0.05) is 5.56 Å². The third-order valence-electron chi connectivity index (χ3n) is 2.75. The average Bonchev–Trinajstić information content (AvgIpc) is 2.44. The molecule has 1 atom stereocenters. The van der Waals surface area contributed by atoms with E-state index in [9.17, 15) is 9.59 Å². The van der Waals surface area contributed by atoms with E-state index in [1.807, 2.05) is 19.1 Å². The number of hydrogen-bond acceptors (Lipinski definition) is 4. The maximum atomic E-state index is 12.1. The molecule has 0 heterocycles. The first-order valence-electron chi connectivity index (χ1n) is 6.21. The lowest BCUT2D eigenvalue weighted by molar-refractivity contribution is -0.143. The molecule has 0 saturated heterocycles. The van der Waals surface area contributed by atoms with E-state index in [0.717, 1.165) is 18.4 Å². The predicted octanol–water partition coefficient (Wildman–Crippen LogP) is 0.903. The van der Waals surface area contributed by atoms with Gasteiger partial charge in [-0.1, -0.05) is 31.5 Å². The number of benzene rings is 1. The quantitative estimate of drug-likeness (QED) is 0.749. The second-order valence-corrected chi connectivity index (χ2v) is 4.14. The average molecular weight is 265 g/mol. The minimum absolute atomic E-state index is 0.381. The SMILES string of the molecule is CCCc1ccccc1C(=O)NC(CO)C(=O)OC. The highest BCUT2D eigenvalue weighted by Gasteiger charge is 2.22. The van der Waals surface area contributed by atoms with Crippen LogP contribution >= 0.6 is 0 Å². The fourth-order valence-electron chi connectivity index (χ4n) is 1.79. The lowest BCUT2D eigenvalue weighted by Crippen LogP contribution is -2.44. The number of rotatable bonds is 6. The molecule has 104 valence electrons. The smallest absolute Gasteiger partial charge is 0.330 e. The van der Waals surface area contributed by atoms with E-state index in [1.54, 1.807) is 12.1 Å². The minimum Gasteiger partial charge on any atom is -0.467 e. The Morgan fingerprint density at radius 1 is 1.37 bits per heavy atom. The van der Waals surface area contributed by atoms with Gasteiger partial charge < -0.3 is 15.2 Å². The fraction of sp³-hybridized carbons (Fsp3) is 0.429. The molecule has 1 aromatic rings. The standard InChI is InChI=1S/C14H19NO4/c1-3-6-10-7-4-5-8-11(10)13(17)15-12(9-16)14(18)19-2/h4-5,7-8,12,16H,3,6,9H2,1-2H3,(H,15,17). The summed E-state index contributed by atoms with van der Waals surface area (Å²) in [6, 6.07) is 6.18. The number of hydrogen-bond donors (Lipinski definition) is 2. The lowest BCUT2D eigenvalue weighted by Gasteiger charge is -2.15. The number of ether oxygens (including phenoxy) is 1. The van der Waals surface area contributed by atoms with Crippen LogP contribution in [0.5, 0.6) is 0 Å². The molecule has 0 aliphatic carbocycles. The van der Waals surface area contributed by atoms with Crippen molar-refractivity contribution in [3.63, 3.8) is 0 Å². The number of aryl methyl sites for hydroxylation is 1. The van der Waals surface area contributed by atoms with Gasteiger partial charge in [0.15, 0.2) is 6.04 Å². The van der Waals surface area contributed by atoms with E-state index in [-0.39, 0.29) is 5.91 Å². The minimum atomic E-state index is -1.04. The van der Waals surface area contributed by atoms with E-state index in [0.29, 0.717) is 5.56 Å². The molecule has 0 saturated carbocycles. The zero-order valence-corrected chi connectivity index (χ0v) is 11.2. The van der Waals surface area contributed by atoms with Crippen LogP contribution in [0.1, 0.15) is 29.3 Å². The highest BCUT2D eigenvalue weighted by molar-refractivity contribution is 5.98. The van der Waals surface area contributed by atoms with Crippen LogP contribution in [-0.2, 0) is 16.0 Å². The molecular formula is C14H19NO4. The number of methoxy groups -OCH3 is 1. The molecule has 19 heavy (non-hydrogen) atoms. The molecule has 1 amide bonds. The Labute approximate surface area is 112 Å². The van der Waals surface area contributed by atoms with E-state index in [2.05, 4.69) is 10.1 Å². The summed E-state index contributed by atoms with van der Waals surface area (Å²) in [4.78, 5) is 23.4. The molecule has 1 unspecified atom stereocenters. The first kappa shape index (κ1) is 15.2. The molecule has 0 bridgehead atoms. The molecule has 5 nitrogen and oxygen atoms in total. The molecule has 0 aromatic heterocycles. The van der Waals surface area contributed by atoms with Crippen LogP contribution in [0.4, 0.5) is 0 Å². The summed E-state index contributed by atoms with van der Waals surface area (Å²) >= 11 is 0. The molecule has 0 spiro atoms. The van der Waals surface area contributed by atoms with Gasteiger partial charge in [-0.2, -0.15) is 0 Å². The molecule has 0 aliphatic heterocycles. The Balaban J connectivity index is 2.85. The Morgan fingerprint density at radius 3 is 2.63 bits per heavy atom. The van der Waals surface area contributed by atoms with Crippen molar-refractivity contribution in [1.29, 1.82) is 0 Å². The summed E-state index contributed by atoms with van der Waals surface area (Å²) < 4.78 is 4.50. The zero-order valence-electron chi connectivity index (χ0n) is 11.2. The third kappa shape index (κ3) is 4.06. The Bertz CT molecular complexity index is 445. The summed E-state index contributed by atoms with van der Waals surface area (Å²) in [6.45, 7) is 1.54. The topological polar surface area (TPSA) is 75.6 Å². The molecular weight excluding hydrogens is 246 g/mol. The van der Waals surface area contributed by atoms with Crippen LogP contribution in [0.3, 0.4) is 0 Å². The third-order valence-corrected chi connectivity index (χ3v) is 2.75. The largest absolute Gasteiger partial charge is 0.467 e. The van der Waals surface area contributed by atoms with E-state index in [4.69, 9.17) is 5.11 Å². The number of aliphatic hydroxyl groups excluding tert-OH is 1. The van der Waals surface area contributed by atoms with Crippen molar-refractivity contribution in [1.82, 2.24) is 5.32 Å². The molecule has 0 fully saturated rings. The first-order chi connectivity index (χ1) is 9.13. The fourth-order valence-corrected chi connectivity index (χ4v) is 1.79. The highest BCUT2D eigenvalue weighted by Crippen LogP contribution is 2.11. The molecule has 0 radical (unpaired) electrons. The zero-order chi connectivity index (χ0) is 14.3. The van der Waals surface area contributed by atoms with Crippen LogP contribution in [0.25, 0.3) is 0 Å². The van der Waals surface area contributed by atoms with Gasteiger partial charge in [-0.05, 0) is 18.1 Å². The summed E-state index contributed by atoms with van der Waals surface area (Å²) in [5, 5.41) is 11.5. The van der Waals surface area contributed by atoms with Crippen molar-refractivity contribution >= 4 is 11.9 Å². The van der Waals surface area contributed by atoms with Crippen LogP contribution in [-0.4, -0.2) is 36.7 Å². The molecule has 5 heteroatoms. The number of carbonyl (C=O) groups excluding carboxylic acids is 2. The van der Waals surface area contributed by atoms with Crippen LogP contribution in [0, 0.1) is 0 Å². The maximum absolute atomic E-state index is 12.1. The van der Waals surface area contributed by atoms with Crippen LogP contribution in [0.2, 0.25) is 0 Å². The second kappa shape index (κ2) is 7.53. The van der Waals surface area contributed by atoms with E-state index in [1.165, 1.54) is 7.11 Å². The number of nitrogens with one attached hydrogen (secondary N) is 1. The van der Waals surface area contributed by atoms with Crippen molar-refractivity contribution in [3.05, 3.63) is 35.4 Å². The molecule has 1 rings (SSSR count). The molecule has 2 N–H and O–H groups in total. The van der Waals surface area contributed by atoms with E-state index >= 15 is 0 Å². The van der Waals surface area contributed by atoms with Gasteiger partial charge in [0.1, 0.15) is 0 Å². The van der Waals surface area contributed by atoms with Gasteiger partial charge >= 0.3 is 5.97 Å². The summed E-state index contributed by atoms with van der Waals surface area (Å²) in [7, 11) is 1.21. The first-order valence-corrected chi connectivity index (χ1v) is 6.21. The summed E-state index contributed by atoms with van der Waals surface area (Å²) in [5.74, 6) is -1.04. The van der Waals surface area contributed by atoms with Crippen molar-refractivity contribution in [2.24, 2.45) is 0 Å². The Hall–Kier alpha value is -1.88. The van der Waals surface area contributed by atoms with Crippen LogP contribution in [0.15, 0.2) is 24.3 Å². The van der Waals surface area contributed by atoms with Gasteiger partial charge in [0.05, 0.1) is 13.7 Å². The van der Waals surface area contributed by atoms with Gasteiger partial charge in [-0.3, -0.25) is 4.79 Å². The number of amides is 1. The van der Waals surface area contributed by atoms with Gasteiger partial charge in [0.25, 0.3) is 5.91 Å².